The lowest BCUT2D eigenvalue weighted by Crippen LogP contribution is -2.25. The van der Waals surface area contributed by atoms with Crippen LogP contribution in [0.2, 0.25) is 0 Å². The lowest BCUT2D eigenvalue weighted by Gasteiger charge is -2.08. The molecule has 0 aliphatic rings. The van der Waals surface area contributed by atoms with Crippen molar-refractivity contribution in [2.24, 2.45) is 0 Å². The van der Waals surface area contributed by atoms with Gasteiger partial charge in [0.15, 0.2) is 0 Å². The van der Waals surface area contributed by atoms with Crippen LogP contribution in [0.15, 0.2) is 60.9 Å². The van der Waals surface area contributed by atoms with Gasteiger partial charge in [-0.3, -0.25) is 19.6 Å². The largest absolute Gasteiger partial charge is 0.352 e. The molecule has 0 radical (unpaired) electrons. The highest BCUT2D eigenvalue weighted by atomic mass is 16.6. The second-order valence-electron chi connectivity index (χ2n) is 6.78. The summed E-state index contributed by atoms with van der Waals surface area (Å²) < 4.78 is 1.73. The summed E-state index contributed by atoms with van der Waals surface area (Å²) in [7, 11) is 0. The molecule has 2 aromatic carbocycles. The summed E-state index contributed by atoms with van der Waals surface area (Å²) in [5.41, 5.74) is 2.45. The minimum Gasteiger partial charge on any atom is -0.352 e. The van der Waals surface area contributed by atoms with E-state index in [9.17, 15) is 14.9 Å². The van der Waals surface area contributed by atoms with E-state index < -0.39 is 4.92 Å². The lowest BCUT2D eigenvalue weighted by molar-refractivity contribution is -0.384. The first-order valence-corrected chi connectivity index (χ1v) is 9.11. The van der Waals surface area contributed by atoms with Crippen molar-refractivity contribution in [2.45, 2.75) is 26.3 Å². The molecule has 0 saturated carbocycles. The number of nitro benzene ring substituents is 1. The third-order valence-corrected chi connectivity index (χ3v) is 4.44. The number of amides is 1. The van der Waals surface area contributed by atoms with Crippen molar-refractivity contribution in [1.29, 1.82) is 0 Å². The molecule has 1 heterocycles. The quantitative estimate of drug-likeness (QED) is 0.497. The van der Waals surface area contributed by atoms with Gasteiger partial charge in [0.2, 0.25) is 0 Å². The Kier molecular flexibility index (Phi) is 5.84. The number of aromatic nitrogens is 2. The van der Waals surface area contributed by atoms with E-state index in [1.807, 2.05) is 44.2 Å². The standard InChI is InChI=1S/C21H22N4O3/c1-15(2)24-14-18(13-23-24)19-12-17(8-9-20(19)25(27)28)21(26)22-11-10-16-6-4-3-5-7-16/h3-9,12-15H,10-11H2,1-2H3,(H,22,26). The van der Waals surface area contributed by atoms with Gasteiger partial charge in [-0.1, -0.05) is 30.3 Å². The van der Waals surface area contributed by atoms with E-state index in [4.69, 9.17) is 0 Å². The van der Waals surface area contributed by atoms with Crippen molar-refractivity contribution in [3.63, 3.8) is 0 Å². The summed E-state index contributed by atoms with van der Waals surface area (Å²) in [5, 5.41) is 18.5. The third-order valence-electron chi connectivity index (χ3n) is 4.44. The Hall–Kier alpha value is -3.48. The Morgan fingerprint density at radius 3 is 2.61 bits per heavy atom. The summed E-state index contributed by atoms with van der Waals surface area (Å²) in [6.07, 6.45) is 4.05. The Morgan fingerprint density at radius 2 is 1.96 bits per heavy atom. The molecule has 3 aromatic rings. The molecule has 0 aliphatic carbocycles. The van der Waals surface area contributed by atoms with Crippen molar-refractivity contribution in [3.05, 3.63) is 82.2 Å². The zero-order valence-corrected chi connectivity index (χ0v) is 15.8. The number of benzene rings is 2. The number of carbonyl (C=O) groups excluding carboxylic acids is 1. The van der Waals surface area contributed by atoms with Gasteiger partial charge in [0.1, 0.15) is 0 Å². The molecule has 1 N–H and O–H groups in total. The highest BCUT2D eigenvalue weighted by molar-refractivity contribution is 5.96. The average molecular weight is 378 g/mol. The molecule has 7 heteroatoms. The molecular weight excluding hydrogens is 356 g/mol. The van der Waals surface area contributed by atoms with E-state index in [2.05, 4.69) is 10.4 Å². The molecule has 3 rings (SSSR count). The fourth-order valence-electron chi connectivity index (χ4n) is 2.89. The predicted octanol–water partition coefficient (Wildman–Crippen LogP) is 4.01. The number of rotatable bonds is 7. The van der Waals surface area contributed by atoms with E-state index in [0.29, 0.717) is 29.7 Å². The van der Waals surface area contributed by atoms with Crippen molar-refractivity contribution in [1.82, 2.24) is 15.1 Å². The van der Waals surface area contributed by atoms with Gasteiger partial charge in [0.25, 0.3) is 11.6 Å². The summed E-state index contributed by atoms with van der Waals surface area (Å²) in [4.78, 5) is 23.5. The third kappa shape index (κ3) is 4.43. The van der Waals surface area contributed by atoms with Crippen molar-refractivity contribution in [2.75, 3.05) is 6.54 Å². The molecule has 0 unspecified atom stereocenters. The predicted molar refractivity (Wildman–Crippen MR) is 107 cm³/mol. The molecule has 28 heavy (non-hydrogen) atoms. The maximum Gasteiger partial charge on any atom is 0.277 e. The van der Waals surface area contributed by atoms with Crippen LogP contribution in [0.1, 0.15) is 35.8 Å². The van der Waals surface area contributed by atoms with Crippen LogP contribution in [0.5, 0.6) is 0 Å². The summed E-state index contributed by atoms with van der Waals surface area (Å²) in [5.74, 6) is -0.261. The van der Waals surface area contributed by atoms with Crippen LogP contribution in [0.4, 0.5) is 5.69 Å². The molecule has 0 spiro atoms. The first-order chi connectivity index (χ1) is 13.5. The number of nitro groups is 1. The number of hydrogen-bond acceptors (Lipinski definition) is 4. The number of carbonyl (C=O) groups is 1. The summed E-state index contributed by atoms with van der Waals surface area (Å²) >= 11 is 0. The average Bonchev–Trinajstić information content (AvgIpc) is 3.18. The number of nitrogens with one attached hydrogen (secondary N) is 1. The van der Waals surface area contributed by atoms with Gasteiger partial charge in [-0.2, -0.15) is 5.10 Å². The zero-order valence-electron chi connectivity index (χ0n) is 15.8. The topological polar surface area (TPSA) is 90.1 Å². The number of nitrogens with zero attached hydrogens (tertiary/aromatic N) is 3. The second kappa shape index (κ2) is 8.47. The van der Waals surface area contributed by atoms with Crippen LogP contribution in [0.3, 0.4) is 0 Å². The minimum absolute atomic E-state index is 0.0517. The second-order valence-corrected chi connectivity index (χ2v) is 6.78. The molecular formula is C21H22N4O3. The molecule has 0 atom stereocenters. The molecule has 0 aliphatic heterocycles. The summed E-state index contributed by atoms with van der Waals surface area (Å²) in [6.45, 7) is 4.43. The Morgan fingerprint density at radius 1 is 1.21 bits per heavy atom. The van der Waals surface area contributed by atoms with Crippen LogP contribution < -0.4 is 5.32 Å². The monoisotopic (exact) mass is 378 g/mol. The maximum absolute atomic E-state index is 12.5. The molecule has 144 valence electrons. The Bertz CT molecular complexity index is 980. The first kappa shape index (κ1) is 19.3. The first-order valence-electron chi connectivity index (χ1n) is 9.11. The Labute approximate surface area is 163 Å². The van der Waals surface area contributed by atoms with E-state index in [1.54, 1.807) is 23.1 Å². The smallest absolute Gasteiger partial charge is 0.277 e. The van der Waals surface area contributed by atoms with E-state index >= 15 is 0 Å². The molecule has 7 nitrogen and oxygen atoms in total. The van der Waals surface area contributed by atoms with Crippen molar-refractivity contribution >= 4 is 11.6 Å². The van der Waals surface area contributed by atoms with Gasteiger partial charge >= 0.3 is 0 Å². The van der Waals surface area contributed by atoms with Crippen LogP contribution in [0.25, 0.3) is 11.1 Å². The molecule has 0 saturated heterocycles. The molecule has 1 aromatic heterocycles. The fourth-order valence-corrected chi connectivity index (χ4v) is 2.89. The van der Waals surface area contributed by atoms with Gasteiger partial charge in [0, 0.05) is 36.0 Å². The van der Waals surface area contributed by atoms with E-state index in [1.165, 1.54) is 12.1 Å². The lowest BCUT2D eigenvalue weighted by atomic mass is 10.0. The van der Waals surface area contributed by atoms with Gasteiger partial charge in [-0.05, 0) is 38.0 Å². The van der Waals surface area contributed by atoms with Crippen LogP contribution in [0, 0.1) is 10.1 Å². The minimum atomic E-state index is -0.445. The molecule has 0 fully saturated rings. The molecule has 0 bridgehead atoms. The van der Waals surface area contributed by atoms with Gasteiger partial charge < -0.3 is 5.32 Å². The maximum atomic E-state index is 12.5. The van der Waals surface area contributed by atoms with Gasteiger partial charge in [0.05, 0.1) is 16.7 Å². The SMILES string of the molecule is CC(C)n1cc(-c2cc(C(=O)NCCc3ccccc3)ccc2[N+](=O)[O-])cn1. The van der Waals surface area contributed by atoms with Crippen molar-refractivity contribution in [3.8, 4) is 11.1 Å². The highest BCUT2D eigenvalue weighted by Gasteiger charge is 2.19. The summed E-state index contributed by atoms with van der Waals surface area (Å²) in [6, 6.07) is 14.4. The highest BCUT2D eigenvalue weighted by Crippen LogP contribution is 2.31. The van der Waals surface area contributed by atoms with E-state index in [0.717, 1.165) is 5.56 Å². The van der Waals surface area contributed by atoms with Crippen LogP contribution in [-0.4, -0.2) is 27.2 Å². The Balaban J connectivity index is 1.79. The molecule has 1 amide bonds. The van der Waals surface area contributed by atoms with Crippen molar-refractivity contribution < 1.29 is 9.72 Å². The van der Waals surface area contributed by atoms with Crippen LogP contribution in [-0.2, 0) is 6.42 Å². The van der Waals surface area contributed by atoms with Gasteiger partial charge in [-0.15, -0.1) is 0 Å². The fraction of sp³-hybridized carbons (Fsp3) is 0.238. The zero-order chi connectivity index (χ0) is 20.1. The van der Waals surface area contributed by atoms with Gasteiger partial charge in [-0.25, -0.2) is 0 Å². The van der Waals surface area contributed by atoms with Crippen LogP contribution >= 0.6 is 0 Å². The number of hydrogen-bond donors (Lipinski definition) is 1. The van der Waals surface area contributed by atoms with E-state index in [-0.39, 0.29) is 17.6 Å². The normalized spacial score (nSPS) is 10.8.